The van der Waals surface area contributed by atoms with Gasteiger partial charge < -0.3 is 14.6 Å². The van der Waals surface area contributed by atoms with Crippen LogP contribution in [-0.4, -0.2) is 51.4 Å². The number of hydrogen-bond donors (Lipinski definition) is 1. The minimum atomic E-state index is -0.674. The number of aryl methyl sites for hydroxylation is 1. The summed E-state index contributed by atoms with van der Waals surface area (Å²) in [6.45, 7) is 7.48. The van der Waals surface area contributed by atoms with Crippen LogP contribution in [0.25, 0.3) is 22.2 Å². The molecule has 1 aliphatic heterocycles. The van der Waals surface area contributed by atoms with Crippen molar-refractivity contribution in [3.63, 3.8) is 0 Å². The molecule has 0 unspecified atom stereocenters. The lowest BCUT2D eigenvalue weighted by Crippen LogP contribution is -2.34. The first-order valence-corrected chi connectivity index (χ1v) is 11.7. The first-order chi connectivity index (χ1) is 16.5. The Labute approximate surface area is 197 Å². The van der Waals surface area contributed by atoms with Crippen LogP contribution in [0.15, 0.2) is 36.8 Å². The van der Waals surface area contributed by atoms with Gasteiger partial charge >= 0.3 is 0 Å². The van der Waals surface area contributed by atoms with Crippen molar-refractivity contribution in [2.75, 3.05) is 26.7 Å². The highest BCUT2D eigenvalue weighted by Gasteiger charge is 2.22. The summed E-state index contributed by atoms with van der Waals surface area (Å²) in [5.74, 6) is -1.24. The van der Waals surface area contributed by atoms with Gasteiger partial charge in [0.1, 0.15) is 11.5 Å². The second-order valence-corrected chi connectivity index (χ2v) is 8.93. The van der Waals surface area contributed by atoms with Gasteiger partial charge in [-0.05, 0) is 50.1 Å². The van der Waals surface area contributed by atoms with E-state index in [9.17, 15) is 8.78 Å². The van der Waals surface area contributed by atoms with E-state index in [1.54, 1.807) is 6.20 Å². The molecule has 0 saturated carbocycles. The molecule has 0 spiro atoms. The van der Waals surface area contributed by atoms with Crippen LogP contribution >= 0.6 is 0 Å². The van der Waals surface area contributed by atoms with Gasteiger partial charge in [-0.2, -0.15) is 5.10 Å². The molecule has 0 bridgehead atoms. The Balaban J connectivity index is 1.46. The van der Waals surface area contributed by atoms with Gasteiger partial charge in [-0.15, -0.1) is 0 Å². The number of H-pyrrole nitrogens is 1. The SMILES string of the molecule is CCN1CCC(n2cc(-c3cnc4[nH]cc(Cc5c(F)ccc(OC)c5F)c4c3)c(C)n2)CC1. The number of fused-ring (bicyclic) bond motifs is 1. The number of ether oxygens (including phenoxy) is 1. The van der Waals surface area contributed by atoms with E-state index in [0.29, 0.717) is 11.7 Å². The van der Waals surface area contributed by atoms with Crippen LogP contribution in [-0.2, 0) is 6.42 Å². The van der Waals surface area contributed by atoms with Crippen molar-refractivity contribution in [1.82, 2.24) is 24.6 Å². The van der Waals surface area contributed by atoms with Crippen molar-refractivity contribution in [2.45, 2.75) is 39.2 Å². The van der Waals surface area contributed by atoms with Crippen molar-refractivity contribution in [3.8, 4) is 16.9 Å². The van der Waals surface area contributed by atoms with Gasteiger partial charge in [0.05, 0.1) is 18.8 Å². The lowest BCUT2D eigenvalue weighted by Gasteiger charge is -2.31. The van der Waals surface area contributed by atoms with E-state index in [1.165, 1.54) is 19.2 Å². The standard InChI is InChI=1S/C26H29F2N5O/c1-4-32-9-7-19(8-10-32)33-15-22(16(2)31-33)18-11-20-17(13-29-26(20)30-14-18)12-21-23(27)5-6-24(34-3)25(21)28/h5-6,11,13-15,19H,4,7-10,12H2,1-3H3,(H,29,30). The van der Waals surface area contributed by atoms with Crippen LogP contribution in [0.4, 0.5) is 8.78 Å². The summed E-state index contributed by atoms with van der Waals surface area (Å²) in [6, 6.07) is 4.96. The summed E-state index contributed by atoms with van der Waals surface area (Å²) < 4.78 is 36.3. The maximum atomic E-state index is 14.7. The summed E-state index contributed by atoms with van der Waals surface area (Å²) in [5, 5.41) is 5.65. The minimum Gasteiger partial charge on any atom is -0.494 e. The number of aromatic nitrogens is 4. The third-order valence-corrected chi connectivity index (χ3v) is 6.96. The number of methoxy groups -OCH3 is 1. The third-order valence-electron chi connectivity index (χ3n) is 6.96. The van der Waals surface area contributed by atoms with Crippen molar-refractivity contribution >= 4 is 11.0 Å². The van der Waals surface area contributed by atoms with Crippen LogP contribution < -0.4 is 4.74 Å². The maximum absolute atomic E-state index is 14.7. The number of likely N-dealkylation sites (tertiary alicyclic amines) is 1. The number of hydrogen-bond acceptors (Lipinski definition) is 4. The van der Waals surface area contributed by atoms with Crippen molar-refractivity contribution in [2.24, 2.45) is 0 Å². The molecular formula is C26H29F2N5O. The van der Waals surface area contributed by atoms with Crippen LogP contribution in [0.2, 0.25) is 0 Å². The lowest BCUT2D eigenvalue weighted by atomic mass is 10.0. The average Bonchev–Trinajstić information content (AvgIpc) is 3.44. The molecule has 4 aromatic rings. The third kappa shape index (κ3) is 4.07. The molecule has 1 aliphatic rings. The molecule has 1 fully saturated rings. The molecule has 0 aliphatic carbocycles. The van der Waals surface area contributed by atoms with Crippen LogP contribution in [0.5, 0.6) is 5.75 Å². The quantitative estimate of drug-likeness (QED) is 0.422. The Kier molecular flexibility index (Phi) is 6.08. The monoisotopic (exact) mass is 465 g/mol. The Bertz CT molecular complexity index is 1320. The maximum Gasteiger partial charge on any atom is 0.171 e. The van der Waals surface area contributed by atoms with E-state index in [-0.39, 0.29) is 17.7 Å². The highest BCUT2D eigenvalue weighted by molar-refractivity contribution is 5.85. The van der Waals surface area contributed by atoms with E-state index < -0.39 is 11.6 Å². The van der Waals surface area contributed by atoms with Crippen molar-refractivity contribution in [1.29, 1.82) is 0 Å². The first kappa shape index (κ1) is 22.5. The van der Waals surface area contributed by atoms with Gasteiger partial charge in [0.2, 0.25) is 0 Å². The molecule has 0 atom stereocenters. The van der Waals surface area contributed by atoms with Crippen molar-refractivity contribution < 1.29 is 13.5 Å². The normalized spacial score (nSPS) is 15.3. The van der Waals surface area contributed by atoms with Gasteiger partial charge in [0.25, 0.3) is 0 Å². The molecule has 8 heteroatoms. The Morgan fingerprint density at radius 1 is 1.21 bits per heavy atom. The number of benzene rings is 1. The summed E-state index contributed by atoms with van der Waals surface area (Å²) in [4.78, 5) is 10.2. The zero-order valence-corrected chi connectivity index (χ0v) is 19.7. The molecule has 178 valence electrons. The fraction of sp³-hybridized carbons (Fsp3) is 0.385. The molecule has 4 heterocycles. The number of pyridine rings is 1. The molecule has 5 rings (SSSR count). The summed E-state index contributed by atoms with van der Waals surface area (Å²) >= 11 is 0. The molecule has 34 heavy (non-hydrogen) atoms. The Morgan fingerprint density at radius 2 is 2.00 bits per heavy atom. The predicted octanol–water partition coefficient (Wildman–Crippen LogP) is 5.27. The van der Waals surface area contributed by atoms with Crippen LogP contribution in [0, 0.1) is 18.6 Å². The molecule has 0 radical (unpaired) electrons. The number of nitrogens with zero attached hydrogens (tertiary/aromatic N) is 4. The van der Waals surface area contributed by atoms with E-state index in [1.807, 2.05) is 19.2 Å². The zero-order chi connectivity index (χ0) is 23.8. The topological polar surface area (TPSA) is 59.0 Å². The highest BCUT2D eigenvalue weighted by atomic mass is 19.1. The number of nitrogens with one attached hydrogen (secondary N) is 1. The minimum absolute atomic E-state index is 0.0203. The number of piperidine rings is 1. The number of aromatic amines is 1. The molecule has 1 N–H and O–H groups in total. The van der Waals surface area contributed by atoms with Gasteiger partial charge in [-0.25, -0.2) is 13.8 Å². The lowest BCUT2D eigenvalue weighted by molar-refractivity contribution is 0.187. The van der Waals surface area contributed by atoms with Crippen molar-refractivity contribution in [3.05, 3.63) is 65.2 Å². The fourth-order valence-corrected chi connectivity index (χ4v) is 4.89. The number of rotatable bonds is 6. The van der Waals surface area contributed by atoms with Gasteiger partial charge in [-0.3, -0.25) is 4.68 Å². The zero-order valence-electron chi connectivity index (χ0n) is 19.7. The molecule has 1 saturated heterocycles. The van der Waals surface area contributed by atoms with E-state index in [2.05, 4.69) is 32.7 Å². The van der Waals surface area contributed by atoms with Crippen LogP contribution in [0.3, 0.4) is 0 Å². The average molecular weight is 466 g/mol. The Hall–Kier alpha value is -3.26. The molecular weight excluding hydrogens is 436 g/mol. The van der Waals surface area contributed by atoms with E-state index in [0.717, 1.165) is 60.2 Å². The second-order valence-electron chi connectivity index (χ2n) is 8.93. The largest absolute Gasteiger partial charge is 0.494 e. The second kappa shape index (κ2) is 9.18. The van der Waals surface area contributed by atoms with Crippen LogP contribution in [0.1, 0.15) is 42.6 Å². The summed E-state index contributed by atoms with van der Waals surface area (Å²) in [6.07, 6.45) is 7.96. The summed E-state index contributed by atoms with van der Waals surface area (Å²) in [5.41, 5.74) is 4.34. The van der Waals surface area contributed by atoms with Gasteiger partial charge in [0.15, 0.2) is 11.6 Å². The highest BCUT2D eigenvalue weighted by Crippen LogP contribution is 2.32. The van der Waals surface area contributed by atoms with E-state index >= 15 is 0 Å². The molecule has 3 aromatic heterocycles. The Morgan fingerprint density at radius 3 is 2.74 bits per heavy atom. The number of halogens is 2. The smallest absolute Gasteiger partial charge is 0.171 e. The first-order valence-electron chi connectivity index (χ1n) is 11.7. The summed E-state index contributed by atoms with van der Waals surface area (Å²) in [7, 11) is 1.37. The predicted molar refractivity (Wildman–Crippen MR) is 128 cm³/mol. The van der Waals surface area contributed by atoms with Gasteiger partial charge in [0, 0.05) is 60.2 Å². The molecule has 0 amide bonds. The van der Waals surface area contributed by atoms with Gasteiger partial charge in [-0.1, -0.05) is 6.92 Å². The molecule has 1 aromatic carbocycles. The molecule has 6 nitrogen and oxygen atoms in total. The van der Waals surface area contributed by atoms with E-state index in [4.69, 9.17) is 9.84 Å². The fourth-order valence-electron chi connectivity index (χ4n) is 4.89.